The molecule has 0 saturated heterocycles. The van der Waals surface area contributed by atoms with Crippen molar-refractivity contribution in [1.29, 1.82) is 0 Å². The molecule has 0 saturated carbocycles. The SMILES string of the molecule is [2H]C(C)(C)c1cc2c(c(C([2H])(C)C)c1)OC13c4c(cc(-c5ccccc5)cc4-c4cc(-c5ccc(-c6ccccc6)cc5)cc[n+]41)-c1cccc4c1[n+]3c-2n4-c1ccc(-c2c(C(C)C)cccc2C([2H])(C)C)cc1C. The lowest BCUT2D eigenvalue weighted by Crippen LogP contribution is -2.78. The van der Waals surface area contributed by atoms with E-state index in [0.29, 0.717) is 5.75 Å². The van der Waals surface area contributed by atoms with Crippen LogP contribution in [0.3, 0.4) is 0 Å². The Morgan fingerprint density at radius 1 is 0.500 bits per heavy atom. The van der Waals surface area contributed by atoms with Gasteiger partial charge in [-0.15, -0.1) is 9.13 Å². The van der Waals surface area contributed by atoms with Crippen LogP contribution in [-0.2, 0) is 5.85 Å². The first-order chi connectivity index (χ1) is 35.8. The Hall–Kier alpha value is -7.82. The minimum absolute atomic E-state index is 0.259. The van der Waals surface area contributed by atoms with E-state index in [-0.39, 0.29) is 5.92 Å². The van der Waals surface area contributed by atoms with Crippen LogP contribution in [0.2, 0.25) is 0 Å². The van der Waals surface area contributed by atoms with Gasteiger partial charge in [0.1, 0.15) is 16.8 Å². The van der Waals surface area contributed by atoms with E-state index in [1.54, 1.807) is 0 Å². The fourth-order valence-corrected chi connectivity index (χ4v) is 12.2. The summed E-state index contributed by atoms with van der Waals surface area (Å²) in [5.74, 6) is -2.33. The summed E-state index contributed by atoms with van der Waals surface area (Å²) in [5, 5.41) is 0. The summed E-state index contributed by atoms with van der Waals surface area (Å²) in [5.41, 5.74) is 23.2. The van der Waals surface area contributed by atoms with Gasteiger partial charge in [0.15, 0.2) is 23.0 Å². The fraction of sp³-hybridized carbons (Fsp3) is 0.206. The van der Waals surface area contributed by atoms with E-state index in [0.717, 1.165) is 112 Å². The number of aryl methyl sites for hydroxylation is 1. The smallest absolute Gasteiger partial charge is 0.392 e. The van der Waals surface area contributed by atoms with Crippen molar-refractivity contribution in [3.05, 3.63) is 216 Å². The molecule has 352 valence electrons. The molecule has 4 nitrogen and oxygen atoms in total. The van der Waals surface area contributed by atoms with E-state index < -0.39 is 23.5 Å². The van der Waals surface area contributed by atoms with Gasteiger partial charge in [-0.05, 0) is 145 Å². The fourth-order valence-electron chi connectivity index (χ4n) is 12.2. The van der Waals surface area contributed by atoms with Crippen LogP contribution in [0.5, 0.6) is 5.75 Å². The van der Waals surface area contributed by atoms with Crippen molar-refractivity contribution in [2.75, 3.05) is 0 Å². The number of imidazole rings is 1. The number of para-hydroxylation sites is 1. The quantitative estimate of drug-likeness (QED) is 0.132. The first-order valence-corrected chi connectivity index (χ1v) is 25.5. The Morgan fingerprint density at radius 3 is 1.79 bits per heavy atom. The molecule has 0 fully saturated rings. The summed E-state index contributed by atoms with van der Waals surface area (Å²) in [6.45, 7) is 18.4. The number of hydrogen-bond donors (Lipinski definition) is 0. The third-order valence-electron chi connectivity index (χ3n) is 15.6. The van der Waals surface area contributed by atoms with Gasteiger partial charge < -0.3 is 4.74 Å². The van der Waals surface area contributed by atoms with Crippen LogP contribution in [0.25, 0.3) is 95.0 Å². The molecule has 3 aliphatic rings. The Bertz CT molecular complexity index is 4000. The van der Waals surface area contributed by atoms with E-state index in [9.17, 15) is 4.11 Å². The first kappa shape index (κ1) is 40.9. The third kappa shape index (κ3) is 6.37. The summed E-state index contributed by atoms with van der Waals surface area (Å²) >= 11 is 0. The van der Waals surface area contributed by atoms with Gasteiger partial charge in [-0.25, -0.2) is 0 Å². The molecule has 3 aliphatic heterocycles. The Balaban J connectivity index is 1.14. The van der Waals surface area contributed by atoms with Gasteiger partial charge in [-0.2, -0.15) is 4.57 Å². The molecular weight excluding hydrogens is 875 g/mol. The second-order valence-electron chi connectivity index (χ2n) is 21.1. The van der Waals surface area contributed by atoms with Crippen molar-refractivity contribution in [2.45, 2.75) is 91.8 Å². The van der Waals surface area contributed by atoms with E-state index in [1.165, 1.54) is 16.7 Å². The standard InChI is InChI=1S/C68H61N3O/c1-40(2)51-35-56(43(7)8)66-59(36-51)67-70(60-31-30-50(34-44(60)9)63-53(41(3)4)22-16-23-54(63)42(5)6)61-25-17-24-55-57-37-52(46-20-14-11-15-21-46)38-58-62-39-49(48-28-26-47(27-29-48)45-18-12-10-13-19-45)32-33-69(62)68(72-66,64(57)58)71(67)65(55)61/h10-43H,1-9H3/q+2/i40D,41D,43D. The molecule has 8 aromatic carbocycles. The molecular formula is C68H61N3O+2. The first-order valence-electron chi connectivity index (χ1n) is 27.0. The maximum Gasteiger partial charge on any atom is 0.499 e. The number of benzene rings is 8. The second kappa shape index (κ2) is 16.4. The summed E-state index contributed by atoms with van der Waals surface area (Å²) < 4.78 is 43.9. The highest BCUT2D eigenvalue weighted by Gasteiger charge is 2.69. The molecule has 4 heteroatoms. The Kier molecular flexibility index (Phi) is 9.29. The van der Waals surface area contributed by atoms with Crippen LogP contribution >= 0.6 is 0 Å². The number of rotatable bonds is 9. The second-order valence-corrected chi connectivity index (χ2v) is 21.1. The van der Waals surface area contributed by atoms with Crippen molar-refractivity contribution in [2.24, 2.45) is 0 Å². The zero-order valence-corrected chi connectivity index (χ0v) is 42.6. The number of nitrogens with zero attached hydrogens (tertiary/aromatic N) is 3. The van der Waals surface area contributed by atoms with E-state index >= 15 is 0 Å². The maximum absolute atomic E-state index is 9.87. The molecule has 0 amide bonds. The van der Waals surface area contributed by atoms with Gasteiger partial charge in [0.25, 0.3) is 0 Å². The maximum atomic E-state index is 9.87. The highest BCUT2D eigenvalue weighted by molar-refractivity contribution is 5.99. The zero-order valence-electron chi connectivity index (χ0n) is 45.6. The van der Waals surface area contributed by atoms with Crippen LogP contribution in [0.15, 0.2) is 182 Å². The molecule has 0 aliphatic carbocycles. The normalized spacial score (nSPS) is 15.9. The number of ether oxygens (including phenoxy) is 1. The van der Waals surface area contributed by atoms with Crippen molar-refractivity contribution in [3.63, 3.8) is 0 Å². The van der Waals surface area contributed by atoms with E-state index in [4.69, 9.17) is 4.74 Å². The predicted octanol–water partition coefficient (Wildman–Crippen LogP) is 16.9. The van der Waals surface area contributed by atoms with Gasteiger partial charge in [-0.3, -0.25) is 0 Å². The molecule has 1 atom stereocenters. The average molecular weight is 939 g/mol. The largest absolute Gasteiger partial charge is 0.499 e. The summed E-state index contributed by atoms with van der Waals surface area (Å²) in [6, 6.07) is 63.5. The zero-order chi connectivity index (χ0) is 52.1. The lowest BCUT2D eigenvalue weighted by Gasteiger charge is -2.34. The lowest BCUT2D eigenvalue weighted by molar-refractivity contribution is -0.997. The number of fused-ring (bicyclic) bond motifs is 5. The molecule has 0 N–H and O–H groups in total. The molecule has 13 rings (SSSR count). The number of aromatic nitrogens is 3. The number of pyridine rings is 1. The molecule has 72 heavy (non-hydrogen) atoms. The molecule has 10 aromatic rings. The Labute approximate surface area is 428 Å². The van der Waals surface area contributed by atoms with Crippen molar-refractivity contribution in [1.82, 2.24) is 4.57 Å². The van der Waals surface area contributed by atoms with Crippen molar-refractivity contribution < 1.29 is 18.0 Å². The minimum atomic E-state index is -1.26. The van der Waals surface area contributed by atoms with Crippen LogP contribution in [-0.4, -0.2) is 4.57 Å². The predicted molar refractivity (Wildman–Crippen MR) is 296 cm³/mol. The van der Waals surface area contributed by atoms with Gasteiger partial charge in [0, 0.05) is 27.4 Å². The molecule has 2 aromatic heterocycles. The van der Waals surface area contributed by atoms with Crippen LogP contribution in [0, 0.1) is 6.92 Å². The minimum Gasteiger partial charge on any atom is -0.392 e. The van der Waals surface area contributed by atoms with E-state index in [2.05, 4.69) is 211 Å². The third-order valence-corrected chi connectivity index (χ3v) is 15.6. The lowest BCUT2D eigenvalue weighted by atomic mass is 9.84. The average Bonchev–Trinajstić information content (AvgIpc) is 4.06. The van der Waals surface area contributed by atoms with Gasteiger partial charge >= 0.3 is 11.7 Å². The summed E-state index contributed by atoms with van der Waals surface area (Å²) in [6.07, 6.45) is 2.21. The number of hydrogen-bond acceptors (Lipinski definition) is 1. The topological polar surface area (TPSA) is 21.9 Å². The van der Waals surface area contributed by atoms with Crippen molar-refractivity contribution >= 4 is 11.0 Å². The van der Waals surface area contributed by atoms with Crippen LogP contribution in [0.1, 0.15) is 116 Å². The Morgan fingerprint density at radius 2 is 1.12 bits per heavy atom. The highest BCUT2D eigenvalue weighted by atomic mass is 16.5. The van der Waals surface area contributed by atoms with Crippen LogP contribution in [0.4, 0.5) is 0 Å². The van der Waals surface area contributed by atoms with E-state index in [1.807, 2.05) is 47.6 Å². The van der Waals surface area contributed by atoms with Crippen LogP contribution < -0.4 is 13.9 Å². The van der Waals surface area contributed by atoms with Crippen molar-refractivity contribution in [3.8, 4) is 89.7 Å². The monoisotopic (exact) mass is 938 g/mol. The molecule has 1 spiro atoms. The van der Waals surface area contributed by atoms with Gasteiger partial charge in [0.2, 0.25) is 5.69 Å². The highest BCUT2D eigenvalue weighted by Crippen LogP contribution is 2.56. The summed E-state index contributed by atoms with van der Waals surface area (Å²) in [4.78, 5) is 0. The van der Waals surface area contributed by atoms with Gasteiger partial charge in [-0.1, -0.05) is 177 Å². The summed E-state index contributed by atoms with van der Waals surface area (Å²) in [7, 11) is 0. The molecule has 0 radical (unpaired) electrons. The molecule has 0 bridgehead atoms. The van der Waals surface area contributed by atoms with Gasteiger partial charge in [0.05, 0.1) is 5.56 Å². The molecule has 1 unspecified atom stereocenters. The molecule has 5 heterocycles.